The van der Waals surface area contributed by atoms with Gasteiger partial charge in [-0.3, -0.25) is 10.1 Å². The van der Waals surface area contributed by atoms with Crippen LogP contribution < -0.4 is 16.0 Å². The Morgan fingerprint density at radius 2 is 1.87 bits per heavy atom. The van der Waals surface area contributed by atoms with Crippen LogP contribution in [-0.4, -0.2) is 35.2 Å². The third-order valence-electron chi connectivity index (χ3n) is 3.95. The van der Waals surface area contributed by atoms with E-state index in [1.165, 1.54) is 0 Å². The second-order valence-electron chi connectivity index (χ2n) is 7.09. The largest absolute Gasteiger partial charge is 0.508 e. The molecule has 23 heavy (non-hydrogen) atoms. The van der Waals surface area contributed by atoms with Crippen LogP contribution in [0.2, 0.25) is 0 Å². The maximum absolute atomic E-state index is 12.3. The number of nitrogens with one attached hydrogen (secondary N) is 3. The van der Waals surface area contributed by atoms with Gasteiger partial charge in [0, 0.05) is 41.8 Å². The summed E-state index contributed by atoms with van der Waals surface area (Å²) in [5, 5.41) is 19.3. The number of para-hydroxylation sites is 1. The minimum Gasteiger partial charge on any atom is -0.508 e. The number of hydrogen-bond acceptors (Lipinski definition) is 4. The zero-order chi connectivity index (χ0) is 17.1. The summed E-state index contributed by atoms with van der Waals surface area (Å²) in [5.41, 5.74) is 1.14. The van der Waals surface area contributed by atoms with Crippen molar-refractivity contribution in [1.82, 2.24) is 16.0 Å². The lowest BCUT2D eigenvalue weighted by Crippen LogP contribution is -2.48. The number of amides is 1. The molecule has 0 atom stereocenters. The molecule has 1 heterocycles. The predicted molar refractivity (Wildman–Crippen MR) is 92.2 cm³/mol. The van der Waals surface area contributed by atoms with Crippen LogP contribution in [0, 0.1) is 0 Å². The molecule has 0 aliphatic carbocycles. The third kappa shape index (κ3) is 4.56. The first-order valence-electron chi connectivity index (χ1n) is 8.00. The number of aromatic hydroxyl groups is 1. The van der Waals surface area contributed by atoms with Crippen LogP contribution in [0.5, 0.6) is 5.75 Å². The maximum Gasteiger partial charge on any atom is 0.248 e. The van der Waals surface area contributed by atoms with E-state index in [9.17, 15) is 9.90 Å². The molecule has 1 aliphatic rings. The van der Waals surface area contributed by atoms with E-state index in [1.807, 2.05) is 32.1 Å². The first-order chi connectivity index (χ1) is 10.7. The highest BCUT2D eigenvalue weighted by Crippen LogP contribution is 2.29. The highest BCUT2D eigenvalue weighted by molar-refractivity contribution is 5.96. The van der Waals surface area contributed by atoms with E-state index in [0.29, 0.717) is 19.6 Å². The van der Waals surface area contributed by atoms with Gasteiger partial charge in [0.2, 0.25) is 5.91 Å². The molecule has 0 saturated carbocycles. The van der Waals surface area contributed by atoms with Gasteiger partial charge in [-0.15, -0.1) is 0 Å². The van der Waals surface area contributed by atoms with Gasteiger partial charge in [0.15, 0.2) is 0 Å². The van der Waals surface area contributed by atoms with Crippen molar-refractivity contribution < 1.29 is 9.90 Å². The Hall–Kier alpha value is -1.85. The summed E-state index contributed by atoms with van der Waals surface area (Å²) in [6.07, 6.45) is 2.00. The average molecular weight is 317 g/mol. The number of carbonyl (C=O) groups excluding carboxylic acids is 1. The summed E-state index contributed by atoms with van der Waals surface area (Å²) >= 11 is 0. The Labute approximate surface area is 138 Å². The van der Waals surface area contributed by atoms with E-state index in [-0.39, 0.29) is 22.7 Å². The topological polar surface area (TPSA) is 73.4 Å². The third-order valence-corrected chi connectivity index (χ3v) is 3.95. The van der Waals surface area contributed by atoms with Gasteiger partial charge in [0.1, 0.15) is 5.75 Å². The predicted octanol–water partition coefficient (Wildman–Crippen LogP) is 1.68. The molecule has 1 aromatic rings. The van der Waals surface area contributed by atoms with Crippen LogP contribution in [-0.2, 0) is 11.3 Å². The number of benzene rings is 1. The summed E-state index contributed by atoms with van der Waals surface area (Å²) in [6, 6.07) is 7.23. The molecule has 0 spiro atoms. The molecule has 5 nitrogen and oxygen atoms in total. The fraction of sp³-hybridized carbons (Fsp3) is 0.500. The molecule has 5 heteroatoms. The van der Waals surface area contributed by atoms with Gasteiger partial charge in [0.05, 0.1) is 0 Å². The second-order valence-corrected chi connectivity index (χ2v) is 7.09. The Kier molecular flexibility index (Phi) is 5.12. The molecule has 0 aromatic heterocycles. The molecule has 0 unspecified atom stereocenters. The molecule has 1 aromatic carbocycles. The normalized spacial score (nSPS) is 18.5. The van der Waals surface area contributed by atoms with E-state index in [4.69, 9.17) is 0 Å². The van der Waals surface area contributed by atoms with Gasteiger partial charge in [-0.25, -0.2) is 0 Å². The number of phenolic OH excluding ortho intramolecular Hbond substituents is 1. The number of phenols is 1. The van der Waals surface area contributed by atoms with Gasteiger partial charge < -0.3 is 15.7 Å². The van der Waals surface area contributed by atoms with Crippen molar-refractivity contribution >= 4 is 5.91 Å². The molecular weight excluding hydrogens is 290 g/mol. The fourth-order valence-corrected chi connectivity index (χ4v) is 3.04. The Morgan fingerprint density at radius 1 is 1.17 bits per heavy atom. The van der Waals surface area contributed by atoms with Gasteiger partial charge in [-0.05, 0) is 33.8 Å². The molecule has 126 valence electrons. The van der Waals surface area contributed by atoms with Crippen molar-refractivity contribution in [2.24, 2.45) is 0 Å². The van der Waals surface area contributed by atoms with Crippen LogP contribution in [0.1, 0.15) is 33.3 Å². The minimum absolute atomic E-state index is 0.0302. The number of hydrogen-bond donors (Lipinski definition) is 4. The quantitative estimate of drug-likeness (QED) is 0.603. The lowest BCUT2D eigenvalue weighted by atomic mass is 9.96. The first-order valence-corrected chi connectivity index (χ1v) is 8.00. The summed E-state index contributed by atoms with van der Waals surface area (Å²) < 4.78 is 0. The monoisotopic (exact) mass is 317 g/mol. The van der Waals surface area contributed by atoms with E-state index in [2.05, 4.69) is 29.8 Å². The first kappa shape index (κ1) is 17.5. The SMILES string of the molecule is CC1(C)C=C(C(=O)NCCNCc2ccccc2O)C(C)(C)N1. The smallest absolute Gasteiger partial charge is 0.248 e. The highest BCUT2D eigenvalue weighted by atomic mass is 16.3. The molecule has 0 saturated heterocycles. The second kappa shape index (κ2) is 6.72. The maximum atomic E-state index is 12.3. The van der Waals surface area contributed by atoms with Crippen molar-refractivity contribution in [2.75, 3.05) is 13.1 Å². The van der Waals surface area contributed by atoms with Crippen LogP contribution in [0.4, 0.5) is 0 Å². The molecule has 1 amide bonds. The number of rotatable bonds is 6. The van der Waals surface area contributed by atoms with E-state index in [0.717, 1.165) is 11.1 Å². The van der Waals surface area contributed by atoms with E-state index in [1.54, 1.807) is 12.1 Å². The summed E-state index contributed by atoms with van der Waals surface area (Å²) in [6.45, 7) is 9.91. The van der Waals surface area contributed by atoms with Crippen LogP contribution in [0.15, 0.2) is 35.9 Å². The average Bonchev–Trinajstić information content (AvgIpc) is 2.68. The zero-order valence-corrected chi connectivity index (χ0v) is 14.4. The molecule has 0 radical (unpaired) electrons. The Balaban J connectivity index is 1.77. The molecule has 2 rings (SSSR count). The van der Waals surface area contributed by atoms with Gasteiger partial charge in [-0.1, -0.05) is 24.3 Å². The molecule has 1 aliphatic heterocycles. The van der Waals surface area contributed by atoms with Crippen molar-refractivity contribution in [3.63, 3.8) is 0 Å². The molecular formula is C18H27N3O2. The fourth-order valence-electron chi connectivity index (χ4n) is 3.04. The van der Waals surface area contributed by atoms with Crippen LogP contribution in [0.3, 0.4) is 0 Å². The standard InChI is InChI=1S/C18H27N3O2/c1-17(2)11-14(18(3,4)21-17)16(23)20-10-9-19-12-13-7-5-6-8-15(13)22/h5-8,11,19,21-22H,9-10,12H2,1-4H3,(H,20,23). The van der Waals surface area contributed by atoms with Crippen molar-refractivity contribution in [1.29, 1.82) is 0 Å². The van der Waals surface area contributed by atoms with E-state index >= 15 is 0 Å². The van der Waals surface area contributed by atoms with Crippen LogP contribution >= 0.6 is 0 Å². The summed E-state index contributed by atoms with van der Waals surface area (Å²) in [5.74, 6) is 0.257. The summed E-state index contributed by atoms with van der Waals surface area (Å²) in [4.78, 5) is 12.3. The lowest BCUT2D eigenvalue weighted by molar-refractivity contribution is -0.118. The Morgan fingerprint density at radius 3 is 2.48 bits per heavy atom. The van der Waals surface area contributed by atoms with Gasteiger partial charge >= 0.3 is 0 Å². The summed E-state index contributed by atoms with van der Waals surface area (Å²) in [7, 11) is 0. The Bertz CT molecular complexity index is 606. The van der Waals surface area contributed by atoms with Crippen molar-refractivity contribution in [3.05, 3.63) is 41.5 Å². The number of carbonyl (C=O) groups is 1. The van der Waals surface area contributed by atoms with Gasteiger partial charge in [-0.2, -0.15) is 0 Å². The van der Waals surface area contributed by atoms with Crippen LogP contribution in [0.25, 0.3) is 0 Å². The molecule has 4 N–H and O–H groups in total. The van der Waals surface area contributed by atoms with Gasteiger partial charge in [0.25, 0.3) is 0 Å². The lowest BCUT2D eigenvalue weighted by Gasteiger charge is -2.27. The highest BCUT2D eigenvalue weighted by Gasteiger charge is 2.39. The van der Waals surface area contributed by atoms with Crippen molar-refractivity contribution in [2.45, 2.75) is 45.3 Å². The van der Waals surface area contributed by atoms with Crippen molar-refractivity contribution in [3.8, 4) is 5.75 Å². The van der Waals surface area contributed by atoms with E-state index < -0.39 is 0 Å². The molecule has 0 bridgehead atoms. The minimum atomic E-state index is -0.323. The zero-order valence-electron chi connectivity index (χ0n) is 14.4. The molecule has 0 fully saturated rings.